The molecule has 3 heteroatoms. The van der Waals surface area contributed by atoms with E-state index in [0.29, 0.717) is 17.4 Å². The molecule has 2 saturated carbocycles. The van der Waals surface area contributed by atoms with Gasteiger partial charge in [0.15, 0.2) is 0 Å². The first-order chi connectivity index (χ1) is 8.46. The van der Waals surface area contributed by atoms with Crippen LogP contribution in [0.3, 0.4) is 0 Å². The lowest BCUT2D eigenvalue weighted by Crippen LogP contribution is -2.53. The standard InChI is InChI=1S/C15H22O3/c1-8-5-4-6-10-7-11-12(9(2)14(17)18-11)13(16)15(8,10)3/h8,10-11,13,16H,4-7H2,1-3H3/t8-,10+,11+,13+,15+/m1/s1. The topological polar surface area (TPSA) is 46.5 Å². The molecule has 5 atom stereocenters. The molecule has 0 bridgehead atoms. The highest BCUT2D eigenvalue weighted by molar-refractivity contribution is 5.92. The Kier molecular flexibility index (Phi) is 2.60. The lowest BCUT2D eigenvalue weighted by atomic mass is 9.53. The van der Waals surface area contributed by atoms with Gasteiger partial charge in [0.2, 0.25) is 0 Å². The van der Waals surface area contributed by atoms with Gasteiger partial charge >= 0.3 is 5.97 Å². The molecule has 18 heavy (non-hydrogen) atoms. The van der Waals surface area contributed by atoms with Gasteiger partial charge in [0.1, 0.15) is 6.10 Å². The van der Waals surface area contributed by atoms with E-state index < -0.39 is 6.10 Å². The average molecular weight is 250 g/mol. The molecule has 0 aromatic rings. The quantitative estimate of drug-likeness (QED) is 0.672. The Hall–Kier alpha value is -0.830. The lowest BCUT2D eigenvalue weighted by molar-refractivity contribution is -0.145. The van der Waals surface area contributed by atoms with E-state index in [-0.39, 0.29) is 17.5 Å². The third kappa shape index (κ3) is 1.37. The smallest absolute Gasteiger partial charge is 0.334 e. The van der Waals surface area contributed by atoms with Crippen molar-refractivity contribution in [2.75, 3.05) is 0 Å². The maximum atomic E-state index is 11.7. The summed E-state index contributed by atoms with van der Waals surface area (Å²) in [6.45, 7) is 6.23. The van der Waals surface area contributed by atoms with Crippen LogP contribution in [-0.4, -0.2) is 23.3 Å². The average Bonchev–Trinajstić information content (AvgIpc) is 2.60. The monoisotopic (exact) mass is 250 g/mol. The molecule has 2 fully saturated rings. The molecule has 0 aromatic carbocycles. The van der Waals surface area contributed by atoms with Crippen molar-refractivity contribution in [2.24, 2.45) is 17.3 Å². The van der Waals surface area contributed by atoms with E-state index in [0.717, 1.165) is 18.4 Å². The van der Waals surface area contributed by atoms with E-state index in [1.54, 1.807) is 6.92 Å². The largest absolute Gasteiger partial charge is 0.454 e. The van der Waals surface area contributed by atoms with Crippen LogP contribution in [0.25, 0.3) is 0 Å². The molecule has 2 aliphatic carbocycles. The molecule has 1 aliphatic heterocycles. The fourth-order valence-electron chi connectivity index (χ4n) is 4.35. The van der Waals surface area contributed by atoms with Crippen LogP contribution < -0.4 is 0 Å². The van der Waals surface area contributed by atoms with Crippen LogP contribution in [0.15, 0.2) is 11.1 Å². The summed E-state index contributed by atoms with van der Waals surface area (Å²) in [4.78, 5) is 11.7. The summed E-state index contributed by atoms with van der Waals surface area (Å²) in [6, 6.07) is 0. The highest BCUT2D eigenvalue weighted by atomic mass is 16.5. The molecule has 3 aliphatic rings. The highest BCUT2D eigenvalue weighted by Crippen LogP contribution is 2.56. The Morgan fingerprint density at radius 1 is 1.39 bits per heavy atom. The summed E-state index contributed by atoms with van der Waals surface area (Å²) in [5, 5.41) is 10.8. The van der Waals surface area contributed by atoms with Crippen LogP contribution in [0, 0.1) is 17.3 Å². The molecule has 0 saturated heterocycles. The van der Waals surface area contributed by atoms with Crippen molar-refractivity contribution < 1.29 is 14.6 Å². The number of aliphatic hydroxyl groups is 1. The summed E-state index contributed by atoms with van der Waals surface area (Å²) in [5.41, 5.74) is 1.43. The van der Waals surface area contributed by atoms with Crippen molar-refractivity contribution in [1.29, 1.82) is 0 Å². The molecule has 3 nitrogen and oxygen atoms in total. The maximum Gasteiger partial charge on any atom is 0.334 e. The van der Waals surface area contributed by atoms with E-state index in [4.69, 9.17) is 4.74 Å². The second-order valence-corrected chi connectivity index (χ2v) is 6.51. The minimum Gasteiger partial charge on any atom is -0.454 e. The van der Waals surface area contributed by atoms with Crippen molar-refractivity contribution in [3.8, 4) is 0 Å². The lowest BCUT2D eigenvalue weighted by Gasteiger charge is -2.53. The number of carbonyl (C=O) groups excluding carboxylic acids is 1. The van der Waals surface area contributed by atoms with Gasteiger partial charge in [-0.2, -0.15) is 0 Å². The number of carbonyl (C=O) groups is 1. The number of hydrogen-bond acceptors (Lipinski definition) is 3. The van der Waals surface area contributed by atoms with Gasteiger partial charge in [-0.3, -0.25) is 0 Å². The van der Waals surface area contributed by atoms with Crippen molar-refractivity contribution in [2.45, 2.75) is 58.7 Å². The Morgan fingerprint density at radius 3 is 2.83 bits per heavy atom. The van der Waals surface area contributed by atoms with E-state index in [9.17, 15) is 9.90 Å². The van der Waals surface area contributed by atoms with Gasteiger partial charge in [-0.05, 0) is 31.6 Å². The minimum absolute atomic E-state index is 0.0840. The van der Waals surface area contributed by atoms with Gasteiger partial charge in [0.05, 0.1) is 6.10 Å². The van der Waals surface area contributed by atoms with Crippen LogP contribution >= 0.6 is 0 Å². The Balaban J connectivity index is 2.04. The molecule has 0 unspecified atom stereocenters. The maximum absolute atomic E-state index is 11.7. The van der Waals surface area contributed by atoms with Crippen LogP contribution in [0.1, 0.15) is 46.5 Å². The molecule has 0 radical (unpaired) electrons. The highest BCUT2D eigenvalue weighted by Gasteiger charge is 2.56. The number of hydrogen-bond donors (Lipinski definition) is 1. The van der Waals surface area contributed by atoms with Gasteiger partial charge in [-0.15, -0.1) is 0 Å². The number of rotatable bonds is 0. The Morgan fingerprint density at radius 2 is 2.11 bits per heavy atom. The third-order valence-corrected chi connectivity index (χ3v) is 5.85. The van der Waals surface area contributed by atoms with Crippen LogP contribution in [-0.2, 0) is 9.53 Å². The Labute approximate surface area is 108 Å². The number of esters is 1. The second-order valence-electron chi connectivity index (χ2n) is 6.51. The minimum atomic E-state index is -0.511. The van der Waals surface area contributed by atoms with Gasteiger partial charge in [0.25, 0.3) is 0 Å². The number of fused-ring (bicyclic) bond motifs is 2. The molecule has 0 aromatic heterocycles. The zero-order chi connectivity index (χ0) is 13.1. The van der Waals surface area contributed by atoms with E-state index in [2.05, 4.69) is 13.8 Å². The normalized spacial score (nSPS) is 47.7. The zero-order valence-corrected chi connectivity index (χ0v) is 11.4. The fourth-order valence-corrected chi connectivity index (χ4v) is 4.35. The summed E-state index contributed by atoms with van der Waals surface area (Å²) in [5.74, 6) is 0.746. The van der Waals surface area contributed by atoms with Crippen molar-refractivity contribution in [3.63, 3.8) is 0 Å². The van der Waals surface area contributed by atoms with Gasteiger partial charge in [-0.25, -0.2) is 4.79 Å². The first-order valence-electron chi connectivity index (χ1n) is 7.06. The molecular formula is C15H22O3. The fraction of sp³-hybridized carbons (Fsp3) is 0.800. The molecule has 100 valence electrons. The van der Waals surface area contributed by atoms with Crippen LogP contribution in [0.2, 0.25) is 0 Å². The Bertz CT molecular complexity index is 425. The van der Waals surface area contributed by atoms with Gasteiger partial charge in [0, 0.05) is 16.6 Å². The summed E-state index contributed by atoms with van der Waals surface area (Å²) in [6.07, 6.45) is 3.79. The van der Waals surface area contributed by atoms with Crippen molar-refractivity contribution >= 4 is 5.97 Å². The predicted molar refractivity (Wildman–Crippen MR) is 67.8 cm³/mol. The van der Waals surface area contributed by atoms with Crippen molar-refractivity contribution in [3.05, 3.63) is 11.1 Å². The van der Waals surface area contributed by atoms with Gasteiger partial charge < -0.3 is 9.84 Å². The summed E-state index contributed by atoms with van der Waals surface area (Å²) < 4.78 is 5.40. The second kappa shape index (κ2) is 3.83. The summed E-state index contributed by atoms with van der Waals surface area (Å²) >= 11 is 0. The molecule has 0 spiro atoms. The van der Waals surface area contributed by atoms with E-state index >= 15 is 0 Å². The SMILES string of the molecule is CC1=C2[C@H](C[C@@H]3CCC[C@@H](C)[C@]3(C)[C@H]2O)OC1=O. The first-order valence-corrected chi connectivity index (χ1v) is 7.06. The van der Waals surface area contributed by atoms with Crippen molar-refractivity contribution in [1.82, 2.24) is 0 Å². The van der Waals surface area contributed by atoms with Gasteiger partial charge in [-0.1, -0.05) is 26.7 Å². The number of ether oxygens (including phenoxy) is 1. The molecule has 1 heterocycles. The zero-order valence-electron chi connectivity index (χ0n) is 11.4. The summed E-state index contributed by atoms with van der Waals surface area (Å²) in [7, 11) is 0. The first kappa shape index (κ1) is 12.2. The molecule has 1 N–H and O–H groups in total. The molecular weight excluding hydrogens is 228 g/mol. The van der Waals surface area contributed by atoms with E-state index in [1.165, 1.54) is 12.8 Å². The third-order valence-electron chi connectivity index (χ3n) is 5.85. The predicted octanol–water partition coefficient (Wildman–Crippen LogP) is 2.44. The van der Waals surface area contributed by atoms with Crippen LogP contribution in [0.5, 0.6) is 0 Å². The molecule has 0 amide bonds. The van der Waals surface area contributed by atoms with E-state index in [1.807, 2.05) is 0 Å². The number of aliphatic hydroxyl groups excluding tert-OH is 1. The van der Waals surface area contributed by atoms with Crippen LogP contribution in [0.4, 0.5) is 0 Å². The molecule has 3 rings (SSSR count).